The van der Waals surface area contributed by atoms with Gasteiger partial charge < -0.3 is 18.9 Å². The van der Waals surface area contributed by atoms with Crippen molar-refractivity contribution < 1.29 is 23.5 Å². The fraction of sp³-hybridized carbons (Fsp3) is 0.333. The second-order valence-electron chi connectivity index (χ2n) is 10.9. The van der Waals surface area contributed by atoms with E-state index in [1.165, 1.54) is 0 Å². The minimum Gasteiger partial charge on any atom is -0.493 e. The topological polar surface area (TPSA) is 122 Å². The molecule has 0 radical (unpaired) electrons. The minimum absolute atomic E-state index is 0.397. The van der Waals surface area contributed by atoms with Gasteiger partial charge in [0.25, 0.3) is 0 Å². The molecule has 0 aliphatic carbocycles. The van der Waals surface area contributed by atoms with Crippen LogP contribution in [0.4, 0.5) is 0 Å². The van der Waals surface area contributed by atoms with E-state index in [9.17, 15) is 4.79 Å². The van der Waals surface area contributed by atoms with E-state index < -0.39 is 5.76 Å². The van der Waals surface area contributed by atoms with E-state index in [1.54, 1.807) is 14.2 Å². The maximum Gasteiger partial charge on any atom is 0.439 e. The lowest BCUT2D eigenvalue weighted by molar-refractivity contribution is 0.144. The Kier molecular flexibility index (Phi) is 11.2. The number of H-pyrrole nitrogens is 1. The molecule has 0 spiro atoms. The molecule has 1 N–H and O–H groups in total. The highest BCUT2D eigenvalue weighted by molar-refractivity contribution is 5.80. The lowest BCUT2D eigenvalue weighted by atomic mass is 9.96. The fourth-order valence-corrected chi connectivity index (χ4v) is 5.25. The van der Waals surface area contributed by atoms with Gasteiger partial charge >= 0.3 is 5.76 Å². The third-order valence-electron chi connectivity index (χ3n) is 7.60. The Hall–Kier alpha value is -4.96. The summed E-state index contributed by atoms with van der Waals surface area (Å²) < 4.78 is 27.5. The highest BCUT2D eigenvalue weighted by Gasteiger charge is 2.17. The van der Waals surface area contributed by atoms with Crippen molar-refractivity contribution in [3.8, 4) is 39.9 Å². The summed E-state index contributed by atoms with van der Waals surface area (Å²) in [5.41, 5.74) is 6.93. The molecule has 0 bridgehead atoms. The van der Waals surface area contributed by atoms with Crippen molar-refractivity contribution in [2.24, 2.45) is 0 Å². The van der Waals surface area contributed by atoms with Crippen LogP contribution in [-0.4, -0.2) is 54.1 Å². The third-order valence-corrected chi connectivity index (χ3v) is 7.60. The molecule has 0 aliphatic heterocycles. The van der Waals surface area contributed by atoms with Crippen molar-refractivity contribution in [3.05, 3.63) is 105 Å². The van der Waals surface area contributed by atoms with E-state index >= 15 is 0 Å². The van der Waals surface area contributed by atoms with Crippen LogP contribution < -0.4 is 20.0 Å². The molecule has 0 aliphatic rings. The number of aryl methyl sites for hydroxylation is 2. The van der Waals surface area contributed by atoms with Gasteiger partial charge in [-0.05, 0) is 54.2 Å². The highest BCUT2D eigenvalue weighted by Crippen LogP contribution is 2.32. The van der Waals surface area contributed by atoms with Gasteiger partial charge in [0.15, 0.2) is 17.3 Å². The maximum atomic E-state index is 11.6. The number of rotatable bonds is 16. The molecule has 2 aromatic heterocycles. The average Bonchev–Trinajstić information content (AvgIpc) is 3.51. The molecule has 0 fully saturated rings. The van der Waals surface area contributed by atoms with E-state index in [0.717, 1.165) is 58.3 Å². The molecular formula is C36H40N4O6. The van der Waals surface area contributed by atoms with E-state index in [1.807, 2.05) is 49.4 Å². The first kappa shape index (κ1) is 32.4. The number of unbranched alkanes of at least 4 members (excludes halogenated alkanes) is 1. The summed E-state index contributed by atoms with van der Waals surface area (Å²) in [5.74, 6) is 2.49. The molecule has 0 amide bonds. The number of aromatic amines is 1. The van der Waals surface area contributed by atoms with E-state index in [0.29, 0.717) is 61.7 Å². The van der Waals surface area contributed by atoms with E-state index in [2.05, 4.69) is 41.3 Å². The molecule has 46 heavy (non-hydrogen) atoms. The Bertz CT molecular complexity index is 1780. The second-order valence-corrected chi connectivity index (χ2v) is 10.9. The number of benzene rings is 3. The van der Waals surface area contributed by atoms with Gasteiger partial charge in [-0.2, -0.15) is 4.98 Å². The summed E-state index contributed by atoms with van der Waals surface area (Å²) in [6, 6.07) is 22.0. The molecule has 0 saturated heterocycles. The van der Waals surface area contributed by atoms with Gasteiger partial charge in [-0.3, -0.25) is 9.51 Å². The SMILES string of the molecule is CCCCc1nc(C)nc(OCCc2ccc(OCCOC)c(OC)c2)c1Cc1ccc(-c2ccccc2-c2noc(=O)[nH]2)cc1. The fourth-order valence-electron chi connectivity index (χ4n) is 5.25. The quantitative estimate of drug-likeness (QED) is 0.125. The molecule has 5 rings (SSSR count). The van der Waals surface area contributed by atoms with Crippen molar-refractivity contribution >= 4 is 0 Å². The largest absolute Gasteiger partial charge is 0.493 e. The molecule has 5 aromatic rings. The molecule has 0 unspecified atom stereocenters. The predicted molar refractivity (Wildman–Crippen MR) is 176 cm³/mol. The van der Waals surface area contributed by atoms with Crippen molar-refractivity contribution in [2.45, 2.75) is 46.0 Å². The first-order chi connectivity index (χ1) is 22.5. The minimum atomic E-state index is -0.585. The van der Waals surface area contributed by atoms with Crippen LogP contribution in [0.5, 0.6) is 17.4 Å². The van der Waals surface area contributed by atoms with Crippen LogP contribution >= 0.6 is 0 Å². The number of methoxy groups -OCH3 is 2. The molecule has 0 saturated carbocycles. The van der Waals surface area contributed by atoms with Crippen LogP contribution in [0, 0.1) is 6.92 Å². The van der Waals surface area contributed by atoms with Gasteiger partial charge in [-0.25, -0.2) is 9.78 Å². The molecule has 10 nitrogen and oxygen atoms in total. The standard InChI is InChI=1S/C36H40N4O6/c1-5-6-11-31-30(22-25-12-15-27(16-13-25)28-9-7-8-10-29(28)34-39-36(41)46-40-34)35(38-24(2)37-31)45-19-18-26-14-17-32(33(23-26)43-4)44-21-20-42-3/h7-10,12-17,23H,5-6,11,18-22H2,1-4H3,(H,39,40,41). The first-order valence-corrected chi connectivity index (χ1v) is 15.5. The number of aromatic nitrogens is 4. The molecule has 0 atom stereocenters. The summed E-state index contributed by atoms with van der Waals surface area (Å²) >= 11 is 0. The average molecular weight is 625 g/mol. The van der Waals surface area contributed by atoms with Gasteiger partial charge in [-0.15, -0.1) is 0 Å². The van der Waals surface area contributed by atoms with Gasteiger partial charge in [0, 0.05) is 31.1 Å². The van der Waals surface area contributed by atoms with Gasteiger partial charge in [0.1, 0.15) is 12.4 Å². The van der Waals surface area contributed by atoms with Crippen LogP contribution in [0.1, 0.15) is 48.0 Å². The summed E-state index contributed by atoms with van der Waals surface area (Å²) in [6.07, 6.45) is 4.26. The maximum absolute atomic E-state index is 11.6. The normalized spacial score (nSPS) is 11.0. The monoisotopic (exact) mass is 624 g/mol. The summed E-state index contributed by atoms with van der Waals surface area (Å²) in [5, 5.41) is 3.88. The zero-order valence-electron chi connectivity index (χ0n) is 26.8. The summed E-state index contributed by atoms with van der Waals surface area (Å²) in [4.78, 5) is 23.8. The number of nitrogens with zero attached hydrogens (tertiary/aromatic N) is 3. The van der Waals surface area contributed by atoms with Crippen LogP contribution in [0.2, 0.25) is 0 Å². The van der Waals surface area contributed by atoms with Crippen LogP contribution in [0.15, 0.2) is 76.0 Å². The Morgan fingerprint density at radius 3 is 2.33 bits per heavy atom. The molecular weight excluding hydrogens is 584 g/mol. The molecule has 3 aromatic carbocycles. The lowest BCUT2D eigenvalue weighted by Gasteiger charge is -2.16. The van der Waals surface area contributed by atoms with Gasteiger partial charge in [0.05, 0.1) is 26.0 Å². The Balaban J connectivity index is 1.34. The number of nitrogens with one attached hydrogen (secondary N) is 1. The third kappa shape index (κ3) is 8.19. The van der Waals surface area contributed by atoms with Crippen molar-refractivity contribution in [2.75, 3.05) is 34.0 Å². The predicted octanol–water partition coefficient (Wildman–Crippen LogP) is 6.38. The van der Waals surface area contributed by atoms with Crippen molar-refractivity contribution in [1.29, 1.82) is 0 Å². The molecule has 2 heterocycles. The van der Waals surface area contributed by atoms with Crippen molar-refractivity contribution in [3.63, 3.8) is 0 Å². The number of hydrogen-bond donors (Lipinski definition) is 1. The molecule has 10 heteroatoms. The number of hydrogen-bond acceptors (Lipinski definition) is 9. The summed E-state index contributed by atoms with van der Waals surface area (Å²) in [7, 11) is 3.28. The Morgan fingerprint density at radius 2 is 1.61 bits per heavy atom. The van der Waals surface area contributed by atoms with Crippen LogP contribution in [-0.2, 0) is 24.0 Å². The van der Waals surface area contributed by atoms with Gasteiger partial charge in [-0.1, -0.05) is 73.1 Å². The van der Waals surface area contributed by atoms with Crippen LogP contribution in [0.25, 0.3) is 22.5 Å². The summed E-state index contributed by atoms with van der Waals surface area (Å²) in [6.45, 7) is 5.49. The second kappa shape index (κ2) is 15.9. The van der Waals surface area contributed by atoms with Gasteiger partial charge in [0.2, 0.25) is 5.88 Å². The first-order valence-electron chi connectivity index (χ1n) is 15.5. The Morgan fingerprint density at radius 1 is 0.826 bits per heavy atom. The van der Waals surface area contributed by atoms with Crippen LogP contribution in [0.3, 0.4) is 0 Å². The highest BCUT2D eigenvalue weighted by atomic mass is 16.5. The Labute approximate surface area is 268 Å². The van der Waals surface area contributed by atoms with E-state index in [-0.39, 0.29) is 0 Å². The van der Waals surface area contributed by atoms with Crippen molar-refractivity contribution in [1.82, 2.24) is 20.1 Å². The zero-order valence-corrected chi connectivity index (χ0v) is 26.8. The zero-order chi connectivity index (χ0) is 32.3. The lowest BCUT2D eigenvalue weighted by Crippen LogP contribution is -2.11. The molecule has 240 valence electrons. The number of ether oxygens (including phenoxy) is 4. The smallest absolute Gasteiger partial charge is 0.439 e. The van der Waals surface area contributed by atoms with E-state index in [4.69, 9.17) is 33.4 Å².